The number of nitrogens with one attached hydrogen (secondary N) is 2. The molecule has 0 spiro atoms. The van der Waals surface area contributed by atoms with E-state index in [2.05, 4.69) is 10.6 Å². The molecule has 0 aromatic heterocycles. The number of carbonyl (C=O) groups excluding carboxylic acids is 3. The normalized spacial score (nSPS) is 10.2. The molecule has 0 aliphatic carbocycles. The largest absolute Gasteiger partial charge is 0.497 e. The van der Waals surface area contributed by atoms with E-state index in [-0.39, 0.29) is 18.7 Å². The average Bonchev–Trinajstić information content (AvgIpc) is 2.84. The number of benzene rings is 3. The molecule has 176 valence electrons. The number of rotatable bonds is 10. The summed E-state index contributed by atoms with van der Waals surface area (Å²) in [6.45, 7) is -0.506. The minimum atomic E-state index is -0.687. The zero-order valence-electron chi connectivity index (χ0n) is 18.4. The number of ether oxygens (including phenoxy) is 3. The Morgan fingerprint density at radius 1 is 0.706 bits per heavy atom. The van der Waals surface area contributed by atoms with Gasteiger partial charge in [-0.3, -0.25) is 14.4 Å². The molecule has 2 N–H and O–H groups in total. The highest BCUT2D eigenvalue weighted by Gasteiger charge is 2.11. The quantitative estimate of drug-likeness (QED) is 0.426. The molecule has 3 rings (SSSR count). The number of methoxy groups -OCH3 is 1. The van der Waals surface area contributed by atoms with Crippen LogP contribution in [0.4, 0.5) is 15.8 Å². The molecule has 0 aliphatic heterocycles. The molecule has 3 aromatic carbocycles. The zero-order chi connectivity index (χ0) is 24.3. The predicted molar refractivity (Wildman–Crippen MR) is 123 cm³/mol. The lowest BCUT2D eigenvalue weighted by Gasteiger charge is -2.09. The van der Waals surface area contributed by atoms with E-state index in [9.17, 15) is 18.8 Å². The summed E-state index contributed by atoms with van der Waals surface area (Å²) in [6, 6.07) is 19.0. The summed E-state index contributed by atoms with van der Waals surface area (Å²) in [5.41, 5.74) is 0.918. The highest BCUT2D eigenvalue weighted by molar-refractivity contribution is 5.94. The molecule has 34 heavy (non-hydrogen) atoms. The minimum Gasteiger partial charge on any atom is -0.497 e. The van der Waals surface area contributed by atoms with Crippen molar-refractivity contribution >= 4 is 29.2 Å². The van der Waals surface area contributed by atoms with Crippen LogP contribution >= 0.6 is 0 Å². The van der Waals surface area contributed by atoms with Crippen molar-refractivity contribution in [1.29, 1.82) is 0 Å². The van der Waals surface area contributed by atoms with Gasteiger partial charge in [0.05, 0.1) is 13.5 Å². The Bertz CT molecular complexity index is 1120. The molecule has 0 bridgehead atoms. The Morgan fingerprint density at radius 3 is 1.79 bits per heavy atom. The Balaban J connectivity index is 1.36. The van der Waals surface area contributed by atoms with Crippen molar-refractivity contribution in [3.05, 3.63) is 78.6 Å². The summed E-state index contributed by atoms with van der Waals surface area (Å²) in [4.78, 5) is 35.7. The lowest BCUT2D eigenvalue weighted by atomic mass is 10.2. The summed E-state index contributed by atoms with van der Waals surface area (Å²) >= 11 is 0. The van der Waals surface area contributed by atoms with Gasteiger partial charge in [-0.15, -0.1) is 0 Å². The fourth-order valence-corrected chi connectivity index (χ4v) is 2.77. The van der Waals surface area contributed by atoms with Crippen molar-refractivity contribution in [2.45, 2.75) is 12.8 Å². The van der Waals surface area contributed by atoms with E-state index < -0.39 is 24.3 Å². The van der Waals surface area contributed by atoms with Gasteiger partial charge in [0.1, 0.15) is 23.1 Å². The van der Waals surface area contributed by atoms with Crippen LogP contribution in [0.1, 0.15) is 12.8 Å². The Kier molecular flexibility index (Phi) is 8.56. The van der Waals surface area contributed by atoms with Crippen LogP contribution in [0.15, 0.2) is 72.8 Å². The summed E-state index contributed by atoms with van der Waals surface area (Å²) < 4.78 is 28.5. The second-order valence-corrected chi connectivity index (χ2v) is 7.07. The van der Waals surface area contributed by atoms with Gasteiger partial charge in [0.25, 0.3) is 5.91 Å². The highest BCUT2D eigenvalue weighted by Crippen LogP contribution is 2.25. The first-order valence-corrected chi connectivity index (χ1v) is 10.3. The monoisotopic (exact) mass is 466 g/mol. The first-order chi connectivity index (χ1) is 16.4. The van der Waals surface area contributed by atoms with Gasteiger partial charge in [-0.1, -0.05) is 0 Å². The summed E-state index contributed by atoms with van der Waals surface area (Å²) in [5.74, 6) is -0.110. The molecule has 0 aliphatic rings. The lowest BCUT2D eigenvalue weighted by molar-refractivity contribution is -0.147. The van der Waals surface area contributed by atoms with Gasteiger partial charge >= 0.3 is 5.97 Å². The SMILES string of the molecule is COc1ccc(Oc2ccc(NC(=O)CCC(=O)OCC(=O)Nc3ccc(F)cc3)cc2)cc1. The fraction of sp³-hybridized carbons (Fsp3) is 0.160. The topological polar surface area (TPSA) is 103 Å². The van der Waals surface area contributed by atoms with Crippen LogP contribution in [0.5, 0.6) is 17.2 Å². The molecule has 0 saturated heterocycles. The molecule has 3 aromatic rings. The van der Waals surface area contributed by atoms with Gasteiger partial charge in [-0.25, -0.2) is 4.39 Å². The molecule has 0 atom stereocenters. The summed E-state index contributed by atoms with van der Waals surface area (Å²) in [5, 5.41) is 5.15. The Labute approximate surface area is 195 Å². The lowest BCUT2D eigenvalue weighted by Crippen LogP contribution is -2.21. The molecule has 0 heterocycles. The smallest absolute Gasteiger partial charge is 0.306 e. The number of esters is 1. The van der Waals surface area contributed by atoms with E-state index >= 15 is 0 Å². The predicted octanol–water partition coefficient (Wildman–Crippen LogP) is 4.53. The van der Waals surface area contributed by atoms with E-state index in [1.165, 1.54) is 24.3 Å². The van der Waals surface area contributed by atoms with Gasteiger partial charge in [0, 0.05) is 17.8 Å². The molecule has 0 saturated carbocycles. The van der Waals surface area contributed by atoms with Crippen molar-refractivity contribution in [3.8, 4) is 17.2 Å². The molecule has 9 heteroatoms. The van der Waals surface area contributed by atoms with Crippen LogP contribution in [-0.2, 0) is 19.1 Å². The van der Waals surface area contributed by atoms with E-state index in [0.29, 0.717) is 22.9 Å². The maximum atomic E-state index is 12.9. The van der Waals surface area contributed by atoms with E-state index in [0.717, 1.165) is 5.75 Å². The van der Waals surface area contributed by atoms with Crippen LogP contribution < -0.4 is 20.1 Å². The molecule has 0 unspecified atom stereocenters. The number of hydrogen-bond donors (Lipinski definition) is 2. The van der Waals surface area contributed by atoms with Crippen molar-refractivity contribution in [2.75, 3.05) is 24.4 Å². The van der Waals surface area contributed by atoms with Gasteiger partial charge < -0.3 is 24.8 Å². The average molecular weight is 466 g/mol. The van der Waals surface area contributed by atoms with Crippen molar-refractivity contribution < 1.29 is 33.0 Å². The Morgan fingerprint density at radius 2 is 1.21 bits per heavy atom. The third kappa shape index (κ3) is 7.94. The molecule has 8 nitrogen and oxygen atoms in total. The Hall–Kier alpha value is -4.40. The van der Waals surface area contributed by atoms with Gasteiger partial charge in [-0.05, 0) is 72.8 Å². The first-order valence-electron chi connectivity index (χ1n) is 10.3. The molecular formula is C25H23FN2O6. The maximum Gasteiger partial charge on any atom is 0.306 e. The van der Waals surface area contributed by atoms with Crippen LogP contribution in [0, 0.1) is 5.82 Å². The van der Waals surface area contributed by atoms with Crippen LogP contribution in [0.3, 0.4) is 0 Å². The molecule has 0 radical (unpaired) electrons. The number of carbonyl (C=O) groups is 3. The number of amides is 2. The molecule has 0 fully saturated rings. The molecule has 2 amide bonds. The van der Waals surface area contributed by atoms with Crippen molar-refractivity contribution in [1.82, 2.24) is 0 Å². The number of hydrogen-bond acceptors (Lipinski definition) is 6. The number of halogens is 1. The third-order valence-corrected chi connectivity index (χ3v) is 4.48. The van der Waals surface area contributed by atoms with Gasteiger partial charge in [0.15, 0.2) is 6.61 Å². The second-order valence-electron chi connectivity index (χ2n) is 7.07. The standard InChI is InChI=1S/C25H23FN2O6/c1-32-20-10-12-22(13-11-20)34-21-8-6-19(7-9-21)27-23(29)14-15-25(31)33-16-24(30)28-18-4-2-17(26)3-5-18/h2-13H,14-16H2,1H3,(H,27,29)(H,28,30). The first kappa shape index (κ1) is 24.2. The van der Waals surface area contributed by atoms with E-state index in [4.69, 9.17) is 14.2 Å². The highest BCUT2D eigenvalue weighted by atomic mass is 19.1. The van der Waals surface area contributed by atoms with Crippen molar-refractivity contribution in [3.63, 3.8) is 0 Å². The van der Waals surface area contributed by atoms with E-state index in [1.54, 1.807) is 55.6 Å². The van der Waals surface area contributed by atoms with Crippen LogP contribution in [0.25, 0.3) is 0 Å². The van der Waals surface area contributed by atoms with Gasteiger partial charge in [0.2, 0.25) is 5.91 Å². The fourth-order valence-electron chi connectivity index (χ4n) is 2.77. The third-order valence-electron chi connectivity index (χ3n) is 4.48. The van der Waals surface area contributed by atoms with Crippen LogP contribution in [0.2, 0.25) is 0 Å². The minimum absolute atomic E-state index is 0.109. The second kappa shape index (κ2) is 12.0. The van der Waals surface area contributed by atoms with Crippen molar-refractivity contribution in [2.24, 2.45) is 0 Å². The maximum absolute atomic E-state index is 12.9. The zero-order valence-corrected chi connectivity index (χ0v) is 18.4. The van der Waals surface area contributed by atoms with Crippen LogP contribution in [-0.4, -0.2) is 31.5 Å². The van der Waals surface area contributed by atoms with E-state index in [1.807, 2.05) is 0 Å². The summed E-state index contributed by atoms with van der Waals surface area (Å²) in [7, 11) is 1.59. The molecular weight excluding hydrogens is 443 g/mol. The number of anilines is 2. The van der Waals surface area contributed by atoms with Gasteiger partial charge in [-0.2, -0.15) is 0 Å². The summed E-state index contributed by atoms with van der Waals surface area (Å²) in [6.07, 6.45) is -0.295.